The van der Waals surface area contributed by atoms with E-state index in [1.165, 1.54) is 0 Å². The summed E-state index contributed by atoms with van der Waals surface area (Å²) in [5.74, 6) is 0. The Hall–Kier alpha value is -1.76. The van der Waals surface area contributed by atoms with Gasteiger partial charge >= 0.3 is 0 Å². The van der Waals surface area contributed by atoms with Gasteiger partial charge in [0, 0.05) is 19.3 Å². The molecular weight excluding hydrogens is 256 g/mol. The number of hydrogen-bond donors (Lipinski definition) is 2. The van der Waals surface area contributed by atoms with E-state index in [-0.39, 0.29) is 0 Å². The van der Waals surface area contributed by atoms with Crippen molar-refractivity contribution in [2.45, 2.75) is 19.3 Å². The number of hydrogen-bond acceptors (Lipinski definition) is 5. The summed E-state index contributed by atoms with van der Waals surface area (Å²) in [7, 11) is 0. The predicted octanol–water partition coefficient (Wildman–Crippen LogP) is 0.445. The molecule has 1 heterocycles. The highest BCUT2D eigenvalue weighted by atomic mass is 16.5. The van der Waals surface area contributed by atoms with Crippen LogP contribution in [0.5, 0.6) is 0 Å². The smallest absolute Gasteiger partial charge is 0.0897 e. The molecule has 20 heavy (non-hydrogen) atoms. The lowest BCUT2D eigenvalue weighted by Gasteiger charge is -2.12. The first-order valence-electron chi connectivity index (χ1n) is 6.69. The van der Waals surface area contributed by atoms with Gasteiger partial charge in [-0.3, -0.25) is 4.68 Å². The quantitative estimate of drug-likeness (QED) is 0.650. The molecule has 6 nitrogen and oxygen atoms in total. The summed E-state index contributed by atoms with van der Waals surface area (Å²) in [6, 6.07) is 9.92. The van der Waals surface area contributed by atoms with Crippen LogP contribution in [0.4, 0.5) is 0 Å². The molecule has 1 aromatic carbocycles. The molecule has 1 atom stereocenters. The number of nitrogens with one attached hydrogen (secondary N) is 1. The molecule has 0 aliphatic heterocycles. The van der Waals surface area contributed by atoms with Gasteiger partial charge in [-0.2, -0.15) is 0 Å². The summed E-state index contributed by atoms with van der Waals surface area (Å²) >= 11 is 0. The third kappa shape index (κ3) is 5.48. The molecule has 2 aromatic rings. The standard InChI is InChI=1S/C14H20N4O2/c19-14(10-15-6-8-18-9-7-16-17-18)12-20-11-13-4-2-1-3-5-13/h1-5,7,9,14-15,19H,6,8,10-12H2. The Morgan fingerprint density at radius 3 is 2.90 bits per heavy atom. The molecule has 0 radical (unpaired) electrons. The van der Waals surface area contributed by atoms with Gasteiger partial charge in [-0.15, -0.1) is 5.10 Å². The van der Waals surface area contributed by atoms with Crippen LogP contribution in [-0.4, -0.2) is 45.9 Å². The van der Waals surface area contributed by atoms with Gasteiger partial charge in [-0.05, 0) is 5.56 Å². The van der Waals surface area contributed by atoms with E-state index in [9.17, 15) is 5.11 Å². The van der Waals surface area contributed by atoms with Crippen molar-refractivity contribution in [2.24, 2.45) is 0 Å². The molecule has 1 unspecified atom stereocenters. The van der Waals surface area contributed by atoms with Crippen LogP contribution >= 0.6 is 0 Å². The van der Waals surface area contributed by atoms with Crippen molar-refractivity contribution in [3.8, 4) is 0 Å². The Labute approximate surface area is 118 Å². The van der Waals surface area contributed by atoms with Crippen molar-refractivity contribution in [2.75, 3.05) is 19.7 Å². The lowest BCUT2D eigenvalue weighted by molar-refractivity contribution is 0.0288. The molecule has 0 aliphatic carbocycles. The summed E-state index contributed by atoms with van der Waals surface area (Å²) < 4.78 is 7.21. The summed E-state index contributed by atoms with van der Waals surface area (Å²) in [5, 5.41) is 20.5. The number of benzene rings is 1. The lowest BCUT2D eigenvalue weighted by atomic mass is 10.2. The third-order valence-electron chi connectivity index (χ3n) is 2.79. The summed E-state index contributed by atoms with van der Waals surface area (Å²) in [6.45, 7) is 2.82. The molecule has 0 saturated heterocycles. The van der Waals surface area contributed by atoms with Crippen LogP contribution < -0.4 is 5.32 Å². The van der Waals surface area contributed by atoms with Gasteiger partial charge in [-0.1, -0.05) is 35.5 Å². The molecule has 0 aliphatic rings. The molecule has 6 heteroatoms. The summed E-state index contributed by atoms with van der Waals surface area (Å²) in [5.41, 5.74) is 1.11. The zero-order valence-corrected chi connectivity index (χ0v) is 11.4. The third-order valence-corrected chi connectivity index (χ3v) is 2.79. The monoisotopic (exact) mass is 276 g/mol. The topological polar surface area (TPSA) is 72.2 Å². The highest BCUT2D eigenvalue weighted by Crippen LogP contribution is 2.00. The Balaban J connectivity index is 1.51. The summed E-state index contributed by atoms with van der Waals surface area (Å²) in [6.07, 6.45) is 2.95. The van der Waals surface area contributed by atoms with Crippen molar-refractivity contribution >= 4 is 0 Å². The average molecular weight is 276 g/mol. The van der Waals surface area contributed by atoms with Crippen LogP contribution in [0.15, 0.2) is 42.7 Å². The van der Waals surface area contributed by atoms with Crippen LogP contribution in [0, 0.1) is 0 Å². The van der Waals surface area contributed by atoms with Crippen LogP contribution in [0.2, 0.25) is 0 Å². The van der Waals surface area contributed by atoms with E-state index >= 15 is 0 Å². The van der Waals surface area contributed by atoms with E-state index in [1.54, 1.807) is 17.1 Å². The van der Waals surface area contributed by atoms with Crippen LogP contribution in [-0.2, 0) is 17.9 Å². The van der Waals surface area contributed by atoms with E-state index in [0.29, 0.717) is 19.8 Å². The summed E-state index contributed by atoms with van der Waals surface area (Å²) in [4.78, 5) is 0. The minimum Gasteiger partial charge on any atom is -0.389 e. The zero-order chi connectivity index (χ0) is 14.0. The van der Waals surface area contributed by atoms with Gasteiger partial charge in [-0.25, -0.2) is 0 Å². The van der Waals surface area contributed by atoms with Gasteiger partial charge < -0.3 is 15.2 Å². The van der Waals surface area contributed by atoms with Crippen molar-refractivity contribution in [1.29, 1.82) is 0 Å². The highest BCUT2D eigenvalue weighted by Gasteiger charge is 2.03. The largest absolute Gasteiger partial charge is 0.389 e. The van der Waals surface area contributed by atoms with Gasteiger partial charge in [0.25, 0.3) is 0 Å². The molecule has 1 aromatic heterocycles. The number of ether oxygens (including phenoxy) is 1. The van der Waals surface area contributed by atoms with Crippen molar-refractivity contribution in [3.05, 3.63) is 48.3 Å². The van der Waals surface area contributed by atoms with E-state index in [2.05, 4.69) is 15.6 Å². The Kier molecular flexibility index (Phi) is 6.16. The molecule has 0 amide bonds. The SMILES string of the molecule is OC(CNCCn1ccnn1)COCc1ccccc1. The minimum absolute atomic E-state index is 0.325. The van der Waals surface area contributed by atoms with Crippen LogP contribution in [0.3, 0.4) is 0 Å². The second-order valence-corrected chi connectivity index (χ2v) is 4.52. The number of aromatic nitrogens is 3. The predicted molar refractivity (Wildman–Crippen MR) is 75.0 cm³/mol. The maximum absolute atomic E-state index is 9.76. The molecular formula is C14H20N4O2. The number of aliphatic hydroxyl groups excluding tert-OH is 1. The zero-order valence-electron chi connectivity index (χ0n) is 11.4. The first-order chi connectivity index (χ1) is 9.84. The maximum atomic E-state index is 9.76. The van der Waals surface area contributed by atoms with E-state index in [1.807, 2.05) is 30.3 Å². The molecule has 0 bridgehead atoms. The fraction of sp³-hybridized carbons (Fsp3) is 0.429. The Bertz CT molecular complexity index is 461. The van der Waals surface area contributed by atoms with Gasteiger partial charge in [0.2, 0.25) is 0 Å². The highest BCUT2D eigenvalue weighted by molar-refractivity contribution is 5.13. The second-order valence-electron chi connectivity index (χ2n) is 4.52. The van der Waals surface area contributed by atoms with E-state index in [0.717, 1.165) is 18.7 Å². The normalized spacial score (nSPS) is 12.4. The molecule has 0 saturated carbocycles. The Morgan fingerprint density at radius 2 is 2.15 bits per heavy atom. The molecule has 2 N–H and O–H groups in total. The maximum Gasteiger partial charge on any atom is 0.0897 e. The van der Waals surface area contributed by atoms with E-state index in [4.69, 9.17) is 4.74 Å². The minimum atomic E-state index is -0.505. The number of rotatable bonds is 9. The van der Waals surface area contributed by atoms with E-state index < -0.39 is 6.10 Å². The molecule has 2 rings (SSSR count). The van der Waals surface area contributed by atoms with Crippen LogP contribution in [0.1, 0.15) is 5.56 Å². The van der Waals surface area contributed by atoms with Crippen molar-refractivity contribution in [3.63, 3.8) is 0 Å². The average Bonchev–Trinajstić information content (AvgIpc) is 2.98. The molecule has 108 valence electrons. The van der Waals surface area contributed by atoms with Gasteiger partial charge in [0.1, 0.15) is 0 Å². The lowest BCUT2D eigenvalue weighted by Crippen LogP contribution is -2.32. The van der Waals surface area contributed by atoms with Crippen molar-refractivity contribution < 1.29 is 9.84 Å². The number of aliphatic hydroxyl groups is 1. The fourth-order valence-corrected chi connectivity index (χ4v) is 1.76. The Morgan fingerprint density at radius 1 is 1.30 bits per heavy atom. The molecule has 0 spiro atoms. The van der Waals surface area contributed by atoms with Gasteiger partial charge in [0.15, 0.2) is 0 Å². The van der Waals surface area contributed by atoms with Crippen LogP contribution in [0.25, 0.3) is 0 Å². The second kappa shape index (κ2) is 8.42. The number of nitrogens with zero attached hydrogens (tertiary/aromatic N) is 3. The molecule has 0 fully saturated rings. The first-order valence-corrected chi connectivity index (χ1v) is 6.69. The first kappa shape index (κ1) is 14.6. The van der Waals surface area contributed by atoms with Gasteiger partial charge in [0.05, 0.1) is 32.1 Å². The fourth-order valence-electron chi connectivity index (χ4n) is 1.76. The van der Waals surface area contributed by atoms with Crippen molar-refractivity contribution in [1.82, 2.24) is 20.3 Å².